The number of ketones is 1. The molecule has 0 unspecified atom stereocenters. The Morgan fingerprint density at radius 3 is 2.58 bits per heavy atom. The number of anilines is 1. The van der Waals surface area contributed by atoms with Gasteiger partial charge in [-0.15, -0.1) is 0 Å². The normalized spacial score (nSPS) is 10.4. The Balaban J connectivity index is 2.21. The molecule has 0 aromatic carbocycles. The number of rotatable bonds is 6. The van der Waals surface area contributed by atoms with Gasteiger partial charge in [0.15, 0.2) is 6.61 Å². The number of hydrogen-bond acceptors (Lipinski definition) is 7. The maximum atomic E-state index is 12.2. The van der Waals surface area contributed by atoms with Gasteiger partial charge in [0.1, 0.15) is 11.4 Å². The number of esters is 1. The average Bonchev–Trinajstić information content (AvgIpc) is 2.57. The summed E-state index contributed by atoms with van der Waals surface area (Å²) in [5, 5.41) is 0. The second-order valence-corrected chi connectivity index (χ2v) is 4.91. The minimum absolute atomic E-state index is 0.218. The van der Waals surface area contributed by atoms with E-state index < -0.39 is 35.2 Å². The van der Waals surface area contributed by atoms with Crippen molar-refractivity contribution in [3.63, 3.8) is 0 Å². The van der Waals surface area contributed by atoms with Crippen molar-refractivity contribution in [2.75, 3.05) is 12.3 Å². The van der Waals surface area contributed by atoms with E-state index in [1.165, 1.54) is 24.5 Å². The molecule has 2 rings (SSSR count). The second-order valence-electron chi connectivity index (χ2n) is 4.91. The zero-order chi connectivity index (χ0) is 17.7. The van der Waals surface area contributed by atoms with E-state index in [9.17, 15) is 19.2 Å². The number of Topliss-reactive ketones (excluding diaryl/α,β-unsaturated/α-hetero) is 1. The fourth-order valence-corrected chi connectivity index (χ4v) is 2.08. The van der Waals surface area contributed by atoms with Crippen LogP contribution in [0.1, 0.15) is 34.1 Å². The Kier molecular flexibility index (Phi) is 5.25. The predicted octanol–water partition coefficient (Wildman–Crippen LogP) is -0.0365. The number of ether oxygens (including phenoxy) is 1. The van der Waals surface area contributed by atoms with Crippen molar-refractivity contribution in [3.8, 4) is 0 Å². The summed E-state index contributed by atoms with van der Waals surface area (Å²) < 4.78 is 5.97. The van der Waals surface area contributed by atoms with Gasteiger partial charge < -0.3 is 10.5 Å². The Morgan fingerprint density at radius 2 is 1.96 bits per heavy atom. The zero-order valence-corrected chi connectivity index (χ0v) is 12.9. The van der Waals surface area contributed by atoms with Crippen LogP contribution in [0.15, 0.2) is 34.1 Å². The van der Waals surface area contributed by atoms with E-state index in [0.717, 1.165) is 4.57 Å². The van der Waals surface area contributed by atoms with Crippen LogP contribution in [0.2, 0.25) is 0 Å². The van der Waals surface area contributed by atoms with Gasteiger partial charge in [-0.2, -0.15) is 0 Å². The van der Waals surface area contributed by atoms with Crippen LogP contribution in [0.5, 0.6) is 0 Å². The van der Waals surface area contributed by atoms with Crippen molar-refractivity contribution in [3.05, 3.63) is 56.5 Å². The maximum absolute atomic E-state index is 12.2. The van der Waals surface area contributed by atoms with Crippen molar-refractivity contribution < 1.29 is 14.3 Å². The first-order chi connectivity index (χ1) is 11.5. The third-order valence-electron chi connectivity index (χ3n) is 3.22. The fourth-order valence-electron chi connectivity index (χ4n) is 2.08. The van der Waals surface area contributed by atoms with Gasteiger partial charge in [-0.1, -0.05) is 6.92 Å². The van der Waals surface area contributed by atoms with E-state index in [-0.39, 0.29) is 17.9 Å². The summed E-state index contributed by atoms with van der Waals surface area (Å²) in [4.78, 5) is 53.3. The molecule has 9 heteroatoms. The van der Waals surface area contributed by atoms with E-state index in [0.29, 0.717) is 6.42 Å². The molecule has 0 saturated carbocycles. The van der Waals surface area contributed by atoms with Gasteiger partial charge in [0.2, 0.25) is 5.78 Å². The summed E-state index contributed by atoms with van der Waals surface area (Å²) in [6.45, 7) is 1.40. The number of carbonyl (C=O) groups is 2. The lowest BCUT2D eigenvalue weighted by Gasteiger charge is -2.11. The molecule has 24 heavy (non-hydrogen) atoms. The molecule has 2 aromatic heterocycles. The monoisotopic (exact) mass is 332 g/mol. The molecule has 0 bridgehead atoms. The summed E-state index contributed by atoms with van der Waals surface area (Å²) in [5.41, 5.74) is 3.99. The lowest BCUT2D eigenvalue weighted by atomic mass is 10.2. The third kappa shape index (κ3) is 3.57. The molecule has 0 aliphatic carbocycles. The minimum Gasteiger partial charge on any atom is -0.454 e. The van der Waals surface area contributed by atoms with Gasteiger partial charge in [-0.3, -0.25) is 24.1 Å². The van der Waals surface area contributed by atoms with Gasteiger partial charge in [0.25, 0.3) is 5.56 Å². The first kappa shape index (κ1) is 17.1. The molecule has 0 atom stereocenters. The Morgan fingerprint density at radius 1 is 1.29 bits per heavy atom. The second kappa shape index (κ2) is 7.36. The van der Waals surface area contributed by atoms with Gasteiger partial charge in [-0.05, 0) is 18.6 Å². The molecule has 9 nitrogen and oxygen atoms in total. The predicted molar refractivity (Wildman–Crippen MR) is 84.9 cm³/mol. The number of nitrogens with two attached hydrogens (primary N) is 1. The van der Waals surface area contributed by atoms with Crippen LogP contribution < -0.4 is 17.0 Å². The Bertz CT molecular complexity index is 870. The molecular formula is C15H16N4O5. The largest absolute Gasteiger partial charge is 0.454 e. The number of nitrogen functional groups attached to an aromatic ring is 1. The highest BCUT2D eigenvalue weighted by molar-refractivity contribution is 6.02. The highest BCUT2D eigenvalue weighted by atomic mass is 16.5. The highest BCUT2D eigenvalue weighted by Gasteiger charge is 2.20. The number of hydrogen-bond donors (Lipinski definition) is 2. The van der Waals surface area contributed by atoms with Crippen LogP contribution in [-0.4, -0.2) is 32.9 Å². The van der Waals surface area contributed by atoms with Crippen LogP contribution in [-0.2, 0) is 11.3 Å². The molecule has 0 amide bonds. The lowest BCUT2D eigenvalue weighted by molar-refractivity contribution is 0.0474. The van der Waals surface area contributed by atoms with Crippen LogP contribution in [0.25, 0.3) is 0 Å². The standard InChI is InChI=1S/C15H16N4O5/c1-2-7-19-12(16)11(13(21)18-15(19)23)10(20)8-24-14(22)9-3-5-17-6-4-9/h3-6H,2,7-8,16H2,1H3,(H,18,21,23). The smallest absolute Gasteiger partial charge is 0.338 e. The topological polar surface area (TPSA) is 137 Å². The molecule has 0 aliphatic heterocycles. The van der Waals surface area contributed by atoms with Crippen LogP contribution >= 0.6 is 0 Å². The molecule has 0 saturated heterocycles. The maximum Gasteiger partial charge on any atom is 0.338 e. The molecule has 0 fully saturated rings. The van der Waals surface area contributed by atoms with Crippen LogP contribution in [0, 0.1) is 0 Å². The number of pyridine rings is 1. The van der Waals surface area contributed by atoms with E-state index in [1.807, 2.05) is 11.9 Å². The average molecular weight is 332 g/mol. The SMILES string of the molecule is CCCn1c(N)c(C(=O)COC(=O)c2ccncc2)c(=O)[nH]c1=O. The fraction of sp³-hybridized carbons (Fsp3) is 0.267. The summed E-state index contributed by atoms with van der Waals surface area (Å²) in [5.74, 6) is -1.76. The number of carbonyl (C=O) groups excluding carboxylic acids is 2. The van der Waals surface area contributed by atoms with E-state index >= 15 is 0 Å². The number of H-pyrrole nitrogens is 1. The number of nitrogens with one attached hydrogen (secondary N) is 1. The quantitative estimate of drug-likeness (QED) is 0.559. The van der Waals surface area contributed by atoms with Gasteiger partial charge >= 0.3 is 11.7 Å². The molecular weight excluding hydrogens is 316 g/mol. The van der Waals surface area contributed by atoms with Crippen molar-refractivity contribution in [2.45, 2.75) is 19.9 Å². The first-order valence-electron chi connectivity index (χ1n) is 7.18. The lowest BCUT2D eigenvalue weighted by Crippen LogP contribution is -2.37. The van der Waals surface area contributed by atoms with E-state index in [1.54, 1.807) is 0 Å². The van der Waals surface area contributed by atoms with Gasteiger partial charge in [0, 0.05) is 18.9 Å². The van der Waals surface area contributed by atoms with Gasteiger partial charge in [0.05, 0.1) is 5.56 Å². The van der Waals surface area contributed by atoms with Crippen LogP contribution in [0.3, 0.4) is 0 Å². The van der Waals surface area contributed by atoms with Crippen molar-refractivity contribution in [1.82, 2.24) is 14.5 Å². The van der Waals surface area contributed by atoms with Crippen molar-refractivity contribution in [2.24, 2.45) is 0 Å². The van der Waals surface area contributed by atoms with Crippen LogP contribution in [0.4, 0.5) is 5.82 Å². The molecule has 0 spiro atoms. The molecule has 3 N–H and O–H groups in total. The number of aromatic nitrogens is 3. The van der Waals surface area contributed by atoms with Gasteiger partial charge in [-0.25, -0.2) is 9.59 Å². The van der Waals surface area contributed by atoms with Crippen molar-refractivity contribution in [1.29, 1.82) is 0 Å². The number of aromatic amines is 1. The Hall–Kier alpha value is -3.23. The summed E-state index contributed by atoms with van der Waals surface area (Å²) in [6.07, 6.45) is 3.39. The molecule has 2 heterocycles. The summed E-state index contributed by atoms with van der Waals surface area (Å²) in [7, 11) is 0. The third-order valence-corrected chi connectivity index (χ3v) is 3.22. The highest BCUT2D eigenvalue weighted by Crippen LogP contribution is 2.07. The summed E-state index contributed by atoms with van der Waals surface area (Å²) >= 11 is 0. The minimum atomic E-state index is -0.908. The zero-order valence-electron chi connectivity index (χ0n) is 12.9. The Labute approximate surface area is 136 Å². The van der Waals surface area contributed by atoms with E-state index in [4.69, 9.17) is 10.5 Å². The molecule has 126 valence electrons. The number of nitrogens with zero attached hydrogens (tertiary/aromatic N) is 2. The molecule has 0 aliphatic rings. The molecule has 2 aromatic rings. The molecule has 0 radical (unpaired) electrons. The summed E-state index contributed by atoms with van der Waals surface area (Å²) in [6, 6.07) is 2.85. The van der Waals surface area contributed by atoms with Crippen molar-refractivity contribution >= 4 is 17.6 Å². The first-order valence-corrected chi connectivity index (χ1v) is 7.18. The van der Waals surface area contributed by atoms with E-state index in [2.05, 4.69) is 4.98 Å².